The molecule has 0 bridgehead atoms. The van der Waals surface area contributed by atoms with Gasteiger partial charge in [-0.3, -0.25) is 10.2 Å². The number of aryl methyl sites for hydroxylation is 1. The highest BCUT2D eigenvalue weighted by atomic mass is 32.2. The lowest BCUT2D eigenvalue weighted by Crippen LogP contribution is -2.16. The number of sulfone groups is 1. The zero-order valence-electron chi connectivity index (χ0n) is 11.3. The molecule has 0 radical (unpaired) electrons. The molecule has 5 nitrogen and oxygen atoms in total. The number of hydrogen-bond donors (Lipinski definition) is 2. The molecule has 0 unspecified atom stereocenters. The molecule has 0 saturated heterocycles. The van der Waals surface area contributed by atoms with Crippen LogP contribution in [0.5, 0.6) is 0 Å². The number of carbonyl (C=O) groups is 1. The Morgan fingerprint density at radius 1 is 1.05 bits per heavy atom. The quantitative estimate of drug-likeness (QED) is 0.667. The lowest BCUT2D eigenvalue weighted by molar-refractivity contribution is 0.107. The fourth-order valence-corrected chi connectivity index (χ4v) is 3.09. The summed E-state index contributed by atoms with van der Waals surface area (Å²) in [4.78, 5) is 12.2. The minimum atomic E-state index is -4.07. The molecule has 0 saturated carbocycles. The number of rotatable bonds is 3. The molecule has 108 valence electrons. The molecule has 0 aliphatic carbocycles. The van der Waals surface area contributed by atoms with E-state index in [0.29, 0.717) is 5.56 Å². The minimum Gasteiger partial charge on any atom is -0.384 e. The van der Waals surface area contributed by atoms with Gasteiger partial charge in [-0.05, 0) is 36.8 Å². The maximum absolute atomic E-state index is 12.3. The number of carbonyl (C=O) groups excluding carboxylic acids is 1. The monoisotopic (exact) mass is 302 g/mol. The van der Waals surface area contributed by atoms with Gasteiger partial charge in [-0.15, -0.1) is 0 Å². The van der Waals surface area contributed by atoms with Gasteiger partial charge in [-0.25, -0.2) is 8.42 Å². The molecule has 0 amide bonds. The zero-order valence-corrected chi connectivity index (χ0v) is 12.1. The molecule has 0 spiro atoms. The van der Waals surface area contributed by atoms with E-state index in [0.717, 1.165) is 5.56 Å². The van der Waals surface area contributed by atoms with E-state index in [-0.39, 0.29) is 16.3 Å². The van der Waals surface area contributed by atoms with Crippen LogP contribution < -0.4 is 5.73 Å². The second-order valence-electron chi connectivity index (χ2n) is 4.60. The second kappa shape index (κ2) is 5.49. The van der Waals surface area contributed by atoms with E-state index in [1.54, 1.807) is 19.1 Å². The highest BCUT2D eigenvalue weighted by molar-refractivity contribution is 8.06. The Kier molecular flexibility index (Phi) is 3.90. The van der Waals surface area contributed by atoms with E-state index in [4.69, 9.17) is 11.1 Å². The average molecular weight is 302 g/mol. The molecular weight excluding hydrogens is 288 g/mol. The molecule has 2 aromatic carbocycles. The molecule has 0 aliphatic rings. The van der Waals surface area contributed by atoms with Gasteiger partial charge in [0.25, 0.3) is 5.12 Å². The lowest BCUT2D eigenvalue weighted by atomic mass is 10.1. The summed E-state index contributed by atoms with van der Waals surface area (Å²) in [5.41, 5.74) is 6.55. The molecule has 0 fully saturated rings. The second-order valence-corrected chi connectivity index (χ2v) is 6.45. The molecule has 2 rings (SSSR count). The summed E-state index contributed by atoms with van der Waals surface area (Å²) in [5.74, 6) is -0.143. The average Bonchev–Trinajstić information content (AvgIpc) is 2.46. The van der Waals surface area contributed by atoms with Crippen LogP contribution >= 0.6 is 0 Å². The highest BCUT2D eigenvalue weighted by Gasteiger charge is 2.26. The molecule has 21 heavy (non-hydrogen) atoms. The Hall–Kier alpha value is -2.47. The number of nitrogens with two attached hydrogens (primary N) is 1. The minimum absolute atomic E-state index is 0.0249. The first-order chi connectivity index (χ1) is 9.82. The highest BCUT2D eigenvalue weighted by Crippen LogP contribution is 2.18. The van der Waals surface area contributed by atoms with Gasteiger partial charge in [-0.2, -0.15) is 0 Å². The van der Waals surface area contributed by atoms with Crippen molar-refractivity contribution in [3.05, 3.63) is 65.2 Å². The smallest absolute Gasteiger partial charge is 0.281 e. The molecule has 0 aromatic heterocycles. The van der Waals surface area contributed by atoms with Crippen molar-refractivity contribution >= 4 is 20.8 Å². The van der Waals surface area contributed by atoms with E-state index in [9.17, 15) is 13.2 Å². The standard InChI is InChI=1S/C15H14N2O3S/c1-10-3-2-4-13(9-10)21(19,20)15(18)12-7-5-11(6-8-12)14(16)17/h2-9H,1H3,(H3,16,17). The molecule has 6 heteroatoms. The predicted octanol–water partition coefficient (Wildman–Crippen LogP) is 1.89. The van der Waals surface area contributed by atoms with Crippen molar-refractivity contribution in [1.82, 2.24) is 0 Å². The van der Waals surface area contributed by atoms with E-state index in [2.05, 4.69) is 0 Å². The van der Waals surface area contributed by atoms with E-state index >= 15 is 0 Å². The van der Waals surface area contributed by atoms with Crippen LogP contribution in [0, 0.1) is 12.3 Å². The summed E-state index contributed by atoms with van der Waals surface area (Å²) in [6, 6.07) is 11.8. The Morgan fingerprint density at radius 2 is 1.62 bits per heavy atom. The van der Waals surface area contributed by atoms with Crippen molar-refractivity contribution in [2.24, 2.45) is 5.73 Å². The van der Waals surface area contributed by atoms with Gasteiger partial charge in [0.1, 0.15) is 5.84 Å². The van der Waals surface area contributed by atoms with Gasteiger partial charge in [0.2, 0.25) is 9.84 Å². The van der Waals surface area contributed by atoms with Crippen LogP contribution in [0.2, 0.25) is 0 Å². The van der Waals surface area contributed by atoms with Gasteiger partial charge in [0.15, 0.2) is 0 Å². The Labute approximate surface area is 122 Å². The predicted molar refractivity (Wildman–Crippen MR) is 80.2 cm³/mol. The van der Waals surface area contributed by atoms with Gasteiger partial charge >= 0.3 is 0 Å². The number of amidine groups is 1. The first kappa shape index (κ1) is 14.9. The van der Waals surface area contributed by atoms with Crippen molar-refractivity contribution in [3.63, 3.8) is 0 Å². The lowest BCUT2D eigenvalue weighted by Gasteiger charge is -2.05. The topological polar surface area (TPSA) is 101 Å². The van der Waals surface area contributed by atoms with Gasteiger partial charge in [-0.1, -0.05) is 24.3 Å². The normalized spacial score (nSPS) is 11.1. The van der Waals surface area contributed by atoms with Gasteiger partial charge in [0, 0.05) is 11.1 Å². The van der Waals surface area contributed by atoms with Crippen LogP contribution in [-0.4, -0.2) is 19.4 Å². The zero-order chi connectivity index (χ0) is 15.6. The molecular formula is C15H14N2O3S. The van der Waals surface area contributed by atoms with Crippen LogP contribution in [0.1, 0.15) is 21.5 Å². The third-order valence-electron chi connectivity index (χ3n) is 2.98. The SMILES string of the molecule is Cc1cccc(S(=O)(=O)C(=O)c2ccc(C(=N)N)cc2)c1. The van der Waals surface area contributed by atoms with E-state index in [1.165, 1.54) is 36.4 Å². The number of nitrogen functional groups attached to an aromatic ring is 1. The van der Waals surface area contributed by atoms with Gasteiger partial charge in [0.05, 0.1) is 4.90 Å². The van der Waals surface area contributed by atoms with Crippen LogP contribution in [0.15, 0.2) is 53.4 Å². The van der Waals surface area contributed by atoms with Crippen LogP contribution in [0.3, 0.4) is 0 Å². The Bertz CT molecular complexity index is 809. The van der Waals surface area contributed by atoms with Crippen LogP contribution in [0.25, 0.3) is 0 Å². The van der Waals surface area contributed by atoms with Crippen molar-refractivity contribution in [1.29, 1.82) is 5.41 Å². The molecule has 0 aliphatic heterocycles. The summed E-state index contributed by atoms with van der Waals surface area (Å²) < 4.78 is 24.6. The number of hydrogen-bond acceptors (Lipinski definition) is 4. The molecule has 3 N–H and O–H groups in total. The van der Waals surface area contributed by atoms with Crippen molar-refractivity contribution in [2.45, 2.75) is 11.8 Å². The molecule has 0 atom stereocenters. The summed E-state index contributed by atoms with van der Waals surface area (Å²) >= 11 is 0. The first-order valence-electron chi connectivity index (χ1n) is 6.13. The third-order valence-corrected chi connectivity index (χ3v) is 4.57. The maximum Gasteiger partial charge on any atom is 0.281 e. The Morgan fingerprint density at radius 3 is 2.14 bits per heavy atom. The van der Waals surface area contributed by atoms with Crippen molar-refractivity contribution in [3.8, 4) is 0 Å². The first-order valence-corrected chi connectivity index (χ1v) is 7.61. The third kappa shape index (κ3) is 3.00. The summed E-state index contributed by atoms with van der Waals surface area (Å²) in [6.07, 6.45) is 0. The number of nitrogens with one attached hydrogen (secondary N) is 1. The van der Waals surface area contributed by atoms with Crippen LogP contribution in [0.4, 0.5) is 0 Å². The summed E-state index contributed by atoms with van der Waals surface area (Å²) in [7, 11) is -4.07. The molecule has 2 aromatic rings. The van der Waals surface area contributed by atoms with Crippen molar-refractivity contribution in [2.75, 3.05) is 0 Å². The van der Waals surface area contributed by atoms with Crippen LogP contribution in [-0.2, 0) is 9.84 Å². The van der Waals surface area contributed by atoms with E-state index in [1.807, 2.05) is 0 Å². The fraction of sp³-hybridized carbons (Fsp3) is 0.0667. The largest absolute Gasteiger partial charge is 0.384 e. The number of benzene rings is 2. The van der Waals surface area contributed by atoms with Crippen molar-refractivity contribution < 1.29 is 13.2 Å². The van der Waals surface area contributed by atoms with E-state index < -0.39 is 15.0 Å². The Balaban J connectivity index is 2.41. The van der Waals surface area contributed by atoms with Gasteiger partial charge < -0.3 is 5.73 Å². The fourth-order valence-electron chi connectivity index (χ4n) is 1.83. The summed E-state index contributed by atoms with van der Waals surface area (Å²) in [5, 5.41) is 6.30. The maximum atomic E-state index is 12.3. The molecule has 0 heterocycles. The summed E-state index contributed by atoms with van der Waals surface area (Å²) in [6.45, 7) is 1.76.